The largest absolute Gasteiger partial charge is 0.495 e. The van der Waals surface area contributed by atoms with Gasteiger partial charge in [-0.1, -0.05) is 23.7 Å². The molecule has 0 saturated carbocycles. The van der Waals surface area contributed by atoms with Gasteiger partial charge in [-0.3, -0.25) is 0 Å². The number of benzene rings is 1. The van der Waals surface area contributed by atoms with Crippen molar-refractivity contribution in [2.45, 2.75) is 0 Å². The van der Waals surface area contributed by atoms with Crippen LogP contribution in [0.5, 0.6) is 5.75 Å². The maximum absolute atomic E-state index is 10.3. The fraction of sp³-hybridized carbons (Fsp3) is 0.100. The lowest BCUT2D eigenvalue weighted by atomic mass is 10.2. The quantitative estimate of drug-likeness (QED) is 0.783. The van der Waals surface area contributed by atoms with Crippen molar-refractivity contribution in [3.63, 3.8) is 0 Å². The molecule has 1 N–H and O–H groups in total. The van der Waals surface area contributed by atoms with E-state index < -0.39 is 5.97 Å². The van der Waals surface area contributed by atoms with E-state index in [4.69, 9.17) is 21.4 Å². The highest BCUT2D eigenvalue weighted by atomic mass is 35.5. The molecule has 1 aromatic carbocycles. The fourth-order valence-corrected chi connectivity index (χ4v) is 1.29. The third kappa shape index (κ3) is 2.50. The van der Waals surface area contributed by atoms with Gasteiger partial charge in [-0.2, -0.15) is 0 Å². The number of hydrogen-bond donors (Lipinski definition) is 1. The summed E-state index contributed by atoms with van der Waals surface area (Å²) in [6, 6.07) is 5.13. The number of methoxy groups -OCH3 is 1. The minimum absolute atomic E-state index is 0.458. The molecule has 0 fully saturated rings. The van der Waals surface area contributed by atoms with Crippen LogP contribution in [0.3, 0.4) is 0 Å². The van der Waals surface area contributed by atoms with E-state index in [1.807, 2.05) is 0 Å². The summed E-state index contributed by atoms with van der Waals surface area (Å²) in [6.45, 7) is 0. The summed E-state index contributed by atoms with van der Waals surface area (Å²) in [5.41, 5.74) is 0.641. The minimum Gasteiger partial charge on any atom is -0.495 e. The Morgan fingerprint density at radius 1 is 1.57 bits per heavy atom. The molecule has 0 amide bonds. The summed E-state index contributed by atoms with van der Waals surface area (Å²) in [5, 5.41) is 8.91. The molecule has 0 aliphatic heterocycles. The Bertz CT molecular complexity index is 372. The second-order valence-electron chi connectivity index (χ2n) is 2.53. The average Bonchev–Trinajstić information content (AvgIpc) is 2.14. The topological polar surface area (TPSA) is 46.5 Å². The van der Waals surface area contributed by atoms with E-state index in [1.165, 1.54) is 13.2 Å². The number of ether oxygens (including phenoxy) is 1. The molecule has 0 aromatic heterocycles. The first-order chi connectivity index (χ1) is 6.65. The van der Waals surface area contributed by atoms with E-state index in [0.717, 1.165) is 6.08 Å². The monoisotopic (exact) mass is 212 g/mol. The van der Waals surface area contributed by atoms with Crippen molar-refractivity contribution < 1.29 is 14.6 Å². The van der Waals surface area contributed by atoms with Crippen LogP contribution < -0.4 is 4.74 Å². The predicted molar refractivity (Wildman–Crippen MR) is 54.7 cm³/mol. The number of carboxylic acids is 1. The molecule has 1 aromatic rings. The van der Waals surface area contributed by atoms with E-state index in [9.17, 15) is 4.79 Å². The highest BCUT2D eigenvalue weighted by Gasteiger charge is 2.04. The molecule has 0 bridgehead atoms. The first kappa shape index (κ1) is 10.6. The molecule has 0 spiro atoms. The third-order valence-electron chi connectivity index (χ3n) is 1.61. The van der Waals surface area contributed by atoms with Crippen LogP contribution in [0.1, 0.15) is 5.56 Å². The summed E-state index contributed by atoms with van der Waals surface area (Å²) in [5.74, 6) is -0.529. The highest BCUT2D eigenvalue weighted by Crippen LogP contribution is 2.28. The Morgan fingerprint density at radius 2 is 2.29 bits per heavy atom. The molecule has 0 radical (unpaired) electrons. The van der Waals surface area contributed by atoms with E-state index in [0.29, 0.717) is 16.3 Å². The van der Waals surface area contributed by atoms with Crippen molar-refractivity contribution >= 4 is 23.6 Å². The molecular weight excluding hydrogens is 204 g/mol. The fourth-order valence-electron chi connectivity index (χ4n) is 1.03. The molecule has 0 aliphatic rings. The first-order valence-corrected chi connectivity index (χ1v) is 4.26. The average molecular weight is 213 g/mol. The van der Waals surface area contributed by atoms with E-state index >= 15 is 0 Å². The molecule has 4 heteroatoms. The van der Waals surface area contributed by atoms with Gasteiger partial charge in [0.1, 0.15) is 5.75 Å². The van der Waals surface area contributed by atoms with Gasteiger partial charge in [-0.25, -0.2) is 4.79 Å². The van der Waals surface area contributed by atoms with Crippen molar-refractivity contribution in [1.29, 1.82) is 0 Å². The smallest absolute Gasteiger partial charge is 0.328 e. The Hall–Kier alpha value is -1.48. The van der Waals surface area contributed by atoms with Gasteiger partial charge in [0.25, 0.3) is 0 Å². The van der Waals surface area contributed by atoms with E-state index in [-0.39, 0.29) is 0 Å². The summed E-state index contributed by atoms with van der Waals surface area (Å²) in [7, 11) is 1.49. The zero-order valence-electron chi connectivity index (χ0n) is 7.53. The second kappa shape index (κ2) is 4.67. The van der Waals surface area contributed by atoms with Crippen LogP contribution in [0.4, 0.5) is 0 Å². The standard InChI is InChI=1S/C10H9ClO3/c1-14-10-7(5-6-9(12)13)3-2-4-8(10)11/h2-6H,1H3,(H,12,13). The molecular formula is C10H9ClO3. The van der Waals surface area contributed by atoms with E-state index in [2.05, 4.69) is 0 Å². The number of para-hydroxylation sites is 1. The van der Waals surface area contributed by atoms with Crippen LogP contribution >= 0.6 is 11.6 Å². The molecule has 3 nitrogen and oxygen atoms in total. The molecule has 0 atom stereocenters. The number of aliphatic carboxylic acids is 1. The van der Waals surface area contributed by atoms with Crippen LogP contribution in [0.15, 0.2) is 24.3 Å². The number of halogens is 1. The Labute approximate surface area is 86.6 Å². The van der Waals surface area contributed by atoms with E-state index in [1.54, 1.807) is 18.2 Å². The van der Waals surface area contributed by atoms with Crippen LogP contribution in [-0.4, -0.2) is 18.2 Å². The normalized spacial score (nSPS) is 10.4. The van der Waals surface area contributed by atoms with Gasteiger partial charge < -0.3 is 9.84 Å². The molecule has 14 heavy (non-hydrogen) atoms. The summed E-state index contributed by atoms with van der Waals surface area (Å²) >= 11 is 5.84. The van der Waals surface area contributed by atoms with Gasteiger partial charge in [0.15, 0.2) is 0 Å². The van der Waals surface area contributed by atoms with Gasteiger partial charge in [0, 0.05) is 11.6 Å². The minimum atomic E-state index is -1.01. The number of hydrogen-bond acceptors (Lipinski definition) is 2. The van der Waals surface area contributed by atoms with Gasteiger partial charge >= 0.3 is 5.97 Å². The summed E-state index contributed by atoms with van der Waals surface area (Å²) in [6.07, 6.45) is 2.47. The Kier molecular flexibility index (Phi) is 3.54. The zero-order valence-corrected chi connectivity index (χ0v) is 8.28. The SMILES string of the molecule is COc1c(Cl)cccc1C=CC(=O)O. The molecule has 74 valence electrons. The molecule has 1 rings (SSSR count). The lowest BCUT2D eigenvalue weighted by Gasteiger charge is -2.05. The van der Waals surface area contributed by atoms with Crippen molar-refractivity contribution in [1.82, 2.24) is 0 Å². The molecule has 0 aliphatic carbocycles. The first-order valence-electron chi connectivity index (χ1n) is 3.88. The number of rotatable bonds is 3. The summed E-state index contributed by atoms with van der Waals surface area (Å²) < 4.78 is 5.03. The van der Waals surface area contributed by atoms with Gasteiger partial charge in [0.05, 0.1) is 12.1 Å². The second-order valence-corrected chi connectivity index (χ2v) is 2.94. The van der Waals surface area contributed by atoms with Crippen LogP contribution in [0.25, 0.3) is 6.08 Å². The van der Waals surface area contributed by atoms with Crippen LogP contribution in [-0.2, 0) is 4.79 Å². The lowest BCUT2D eigenvalue weighted by Crippen LogP contribution is -1.90. The third-order valence-corrected chi connectivity index (χ3v) is 1.90. The van der Waals surface area contributed by atoms with Crippen LogP contribution in [0.2, 0.25) is 5.02 Å². The highest BCUT2D eigenvalue weighted by molar-refractivity contribution is 6.32. The lowest BCUT2D eigenvalue weighted by molar-refractivity contribution is -0.131. The molecule has 0 heterocycles. The van der Waals surface area contributed by atoms with Gasteiger partial charge in [-0.15, -0.1) is 0 Å². The zero-order chi connectivity index (χ0) is 10.6. The molecule has 0 unspecified atom stereocenters. The predicted octanol–water partition coefficient (Wildman–Crippen LogP) is 2.45. The van der Waals surface area contributed by atoms with Crippen molar-refractivity contribution in [2.75, 3.05) is 7.11 Å². The Balaban J connectivity index is 3.08. The van der Waals surface area contributed by atoms with Gasteiger partial charge in [-0.05, 0) is 12.1 Å². The van der Waals surface area contributed by atoms with Crippen LogP contribution in [0, 0.1) is 0 Å². The number of carboxylic acid groups (broad SMARTS) is 1. The maximum Gasteiger partial charge on any atom is 0.328 e. The molecule has 0 saturated heterocycles. The maximum atomic E-state index is 10.3. The van der Waals surface area contributed by atoms with Crippen molar-refractivity contribution in [3.05, 3.63) is 34.9 Å². The van der Waals surface area contributed by atoms with Crippen molar-refractivity contribution in [3.8, 4) is 5.75 Å². The van der Waals surface area contributed by atoms with Gasteiger partial charge in [0.2, 0.25) is 0 Å². The van der Waals surface area contributed by atoms with Crippen molar-refractivity contribution in [2.24, 2.45) is 0 Å². The number of carbonyl (C=O) groups is 1. The Morgan fingerprint density at radius 3 is 2.86 bits per heavy atom. The summed E-state index contributed by atoms with van der Waals surface area (Å²) in [4.78, 5) is 10.3.